The number of carbonyl (C=O) groups is 1. The highest BCUT2D eigenvalue weighted by Crippen LogP contribution is 2.19. The molecular weight excluding hydrogens is 267 g/mol. The van der Waals surface area contributed by atoms with Crippen molar-refractivity contribution in [1.29, 1.82) is 0 Å². The number of hydrogen-bond acceptors (Lipinski definition) is 5. The number of rotatable bonds is 2. The van der Waals surface area contributed by atoms with Gasteiger partial charge in [-0.2, -0.15) is 0 Å². The third-order valence-corrected chi connectivity index (χ3v) is 2.84. The summed E-state index contributed by atoms with van der Waals surface area (Å²) in [6.07, 6.45) is 1.24. The second-order valence-electron chi connectivity index (χ2n) is 3.59. The maximum absolute atomic E-state index is 11.8. The van der Waals surface area contributed by atoms with E-state index >= 15 is 0 Å². The summed E-state index contributed by atoms with van der Waals surface area (Å²) in [5.74, 6) is -0.529. The van der Waals surface area contributed by atoms with Gasteiger partial charge in [-0.05, 0) is 6.07 Å². The monoisotopic (exact) mass is 276 g/mol. The van der Waals surface area contributed by atoms with Crippen molar-refractivity contribution in [2.45, 2.75) is 18.9 Å². The van der Waals surface area contributed by atoms with Gasteiger partial charge in [0.25, 0.3) is 0 Å². The molecule has 0 aromatic carbocycles. The van der Waals surface area contributed by atoms with Crippen LogP contribution in [-0.2, 0) is 9.47 Å². The normalized spacial score (nSPS) is 16.8. The van der Waals surface area contributed by atoms with Crippen LogP contribution in [0.25, 0.3) is 0 Å². The first-order valence-electron chi connectivity index (χ1n) is 5.14. The number of carbonyl (C=O) groups excluding carboxylic acids is 1. The van der Waals surface area contributed by atoms with Gasteiger partial charge in [0.15, 0.2) is 10.3 Å². The molecular formula is C10H10Cl2N2O3. The molecule has 17 heavy (non-hydrogen) atoms. The molecule has 0 unspecified atom stereocenters. The Labute approximate surface area is 108 Å². The predicted octanol–water partition coefficient (Wildman–Crippen LogP) is 2.12. The van der Waals surface area contributed by atoms with Crippen LogP contribution < -0.4 is 0 Å². The Morgan fingerprint density at radius 1 is 1.35 bits per heavy atom. The fraction of sp³-hybridized carbons (Fsp3) is 0.500. The molecule has 1 saturated heterocycles. The van der Waals surface area contributed by atoms with Crippen molar-refractivity contribution in [3.63, 3.8) is 0 Å². The fourth-order valence-corrected chi connectivity index (χ4v) is 1.82. The van der Waals surface area contributed by atoms with Crippen LogP contribution in [0.5, 0.6) is 0 Å². The summed E-state index contributed by atoms with van der Waals surface area (Å²) < 4.78 is 10.5. The van der Waals surface area contributed by atoms with Crippen LogP contribution in [0, 0.1) is 0 Å². The summed E-state index contributed by atoms with van der Waals surface area (Å²) in [4.78, 5) is 11.8. The molecule has 1 aliphatic heterocycles. The second kappa shape index (κ2) is 5.62. The van der Waals surface area contributed by atoms with Crippen LogP contribution in [0.1, 0.15) is 23.2 Å². The van der Waals surface area contributed by atoms with E-state index in [1.54, 1.807) is 0 Å². The predicted molar refractivity (Wildman–Crippen MR) is 61.3 cm³/mol. The zero-order valence-corrected chi connectivity index (χ0v) is 10.4. The minimum atomic E-state index is -0.529. The van der Waals surface area contributed by atoms with Crippen LogP contribution in [0.4, 0.5) is 0 Å². The van der Waals surface area contributed by atoms with Gasteiger partial charge in [0.05, 0.1) is 13.2 Å². The average molecular weight is 277 g/mol. The highest BCUT2D eigenvalue weighted by Gasteiger charge is 2.21. The van der Waals surface area contributed by atoms with Crippen LogP contribution in [-0.4, -0.2) is 35.5 Å². The highest BCUT2D eigenvalue weighted by atomic mass is 35.5. The van der Waals surface area contributed by atoms with Gasteiger partial charge in [0.1, 0.15) is 11.7 Å². The minimum absolute atomic E-state index is 0.00791. The highest BCUT2D eigenvalue weighted by molar-refractivity contribution is 6.33. The molecule has 1 aliphatic rings. The van der Waals surface area contributed by atoms with Crippen molar-refractivity contribution in [3.05, 3.63) is 21.9 Å². The Balaban J connectivity index is 2.05. The summed E-state index contributed by atoms with van der Waals surface area (Å²) in [7, 11) is 0. The second-order valence-corrected chi connectivity index (χ2v) is 4.33. The van der Waals surface area contributed by atoms with Crippen LogP contribution in [0.2, 0.25) is 10.3 Å². The number of ether oxygens (including phenoxy) is 2. The number of nitrogens with zero attached hydrogens (tertiary/aromatic N) is 2. The summed E-state index contributed by atoms with van der Waals surface area (Å²) in [6.45, 7) is 1.20. The van der Waals surface area contributed by atoms with Gasteiger partial charge < -0.3 is 9.47 Å². The van der Waals surface area contributed by atoms with Crippen molar-refractivity contribution in [2.75, 3.05) is 13.2 Å². The van der Waals surface area contributed by atoms with Gasteiger partial charge in [-0.25, -0.2) is 4.79 Å². The maximum Gasteiger partial charge on any atom is 0.341 e. The Hall–Kier alpha value is -0.910. The molecule has 0 atom stereocenters. The van der Waals surface area contributed by atoms with Gasteiger partial charge in [-0.1, -0.05) is 23.2 Å². The quantitative estimate of drug-likeness (QED) is 0.775. The molecule has 0 N–H and O–H groups in total. The van der Waals surface area contributed by atoms with Crippen molar-refractivity contribution in [3.8, 4) is 0 Å². The van der Waals surface area contributed by atoms with E-state index < -0.39 is 5.97 Å². The van der Waals surface area contributed by atoms with E-state index in [1.807, 2.05) is 0 Å². The van der Waals surface area contributed by atoms with Crippen LogP contribution >= 0.6 is 23.2 Å². The van der Waals surface area contributed by atoms with Crippen LogP contribution in [0.15, 0.2) is 6.07 Å². The van der Waals surface area contributed by atoms with Crippen molar-refractivity contribution in [1.82, 2.24) is 10.2 Å². The minimum Gasteiger partial charge on any atom is -0.459 e. The fourth-order valence-electron chi connectivity index (χ4n) is 1.50. The molecule has 2 rings (SSSR count). The van der Waals surface area contributed by atoms with Gasteiger partial charge in [0, 0.05) is 12.8 Å². The van der Waals surface area contributed by atoms with Gasteiger partial charge in [-0.3, -0.25) is 0 Å². The number of aromatic nitrogens is 2. The largest absolute Gasteiger partial charge is 0.459 e. The summed E-state index contributed by atoms with van der Waals surface area (Å²) >= 11 is 11.4. The molecule has 0 spiro atoms. The standard InChI is InChI=1S/C10H10Cl2N2O3/c11-8-5-7(9(12)14-13-8)10(15)17-6-1-3-16-4-2-6/h5-6H,1-4H2. The first-order chi connectivity index (χ1) is 8.16. The van der Waals surface area contributed by atoms with Crippen LogP contribution in [0.3, 0.4) is 0 Å². The first-order valence-corrected chi connectivity index (χ1v) is 5.90. The molecule has 5 nitrogen and oxygen atoms in total. The van der Waals surface area contributed by atoms with Gasteiger partial charge >= 0.3 is 5.97 Å². The summed E-state index contributed by atoms with van der Waals surface area (Å²) in [5.41, 5.74) is 0.137. The lowest BCUT2D eigenvalue weighted by molar-refractivity contribution is -0.0159. The Morgan fingerprint density at radius 3 is 2.76 bits per heavy atom. The molecule has 7 heteroatoms. The topological polar surface area (TPSA) is 61.3 Å². The molecule has 92 valence electrons. The molecule has 0 aliphatic carbocycles. The van der Waals surface area contributed by atoms with Crippen molar-refractivity contribution >= 4 is 29.2 Å². The Morgan fingerprint density at radius 2 is 2.06 bits per heavy atom. The third kappa shape index (κ3) is 3.28. The van der Waals surface area contributed by atoms with E-state index in [2.05, 4.69) is 10.2 Å². The van der Waals surface area contributed by atoms with E-state index in [-0.39, 0.29) is 22.0 Å². The Bertz CT molecular complexity index is 422. The lowest BCUT2D eigenvalue weighted by Crippen LogP contribution is -2.26. The van der Waals surface area contributed by atoms with Gasteiger partial charge in [0.2, 0.25) is 0 Å². The smallest absolute Gasteiger partial charge is 0.341 e. The van der Waals surface area contributed by atoms with Crippen molar-refractivity contribution in [2.24, 2.45) is 0 Å². The first kappa shape index (κ1) is 12.5. The molecule has 1 aromatic rings. The lowest BCUT2D eigenvalue weighted by Gasteiger charge is -2.22. The molecule has 0 amide bonds. The van der Waals surface area contributed by atoms with E-state index in [4.69, 9.17) is 32.7 Å². The zero-order valence-electron chi connectivity index (χ0n) is 8.86. The van der Waals surface area contributed by atoms with E-state index in [9.17, 15) is 4.79 Å². The summed E-state index contributed by atoms with van der Waals surface area (Å²) in [6, 6.07) is 1.35. The molecule has 1 fully saturated rings. The van der Waals surface area contributed by atoms with Gasteiger partial charge in [-0.15, -0.1) is 10.2 Å². The van der Waals surface area contributed by atoms with E-state index in [0.29, 0.717) is 26.1 Å². The maximum atomic E-state index is 11.8. The summed E-state index contributed by atoms with van der Waals surface area (Å²) in [5, 5.41) is 7.17. The molecule has 0 saturated carbocycles. The molecule has 2 heterocycles. The molecule has 1 aromatic heterocycles. The van der Waals surface area contributed by atoms with Crippen molar-refractivity contribution < 1.29 is 14.3 Å². The zero-order chi connectivity index (χ0) is 12.3. The lowest BCUT2D eigenvalue weighted by atomic mass is 10.1. The number of halogens is 2. The number of hydrogen-bond donors (Lipinski definition) is 0. The molecule has 0 radical (unpaired) electrons. The third-order valence-electron chi connectivity index (χ3n) is 2.38. The SMILES string of the molecule is O=C(OC1CCOCC1)c1cc(Cl)nnc1Cl. The average Bonchev–Trinajstić information content (AvgIpc) is 2.33. The van der Waals surface area contributed by atoms with E-state index in [0.717, 1.165) is 0 Å². The Kier molecular flexibility index (Phi) is 4.15. The van der Waals surface area contributed by atoms with E-state index in [1.165, 1.54) is 6.07 Å². The molecule has 0 bridgehead atoms. The number of esters is 1.